The Hall–Kier alpha value is -1.49. The predicted octanol–water partition coefficient (Wildman–Crippen LogP) is 1.65. The first-order chi connectivity index (χ1) is 7.72. The van der Waals surface area contributed by atoms with E-state index in [2.05, 4.69) is 15.6 Å². The van der Waals surface area contributed by atoms with E-state index in [0.717, 1.165) is 13.0 Å². The molecule has 0 atom stereocenters. The van der Waals surface area contributed by atoms with Crippen LogP contribution in [0, 0.1) is 11.2 Å². The summed E-state index contributed by atoms with van der Waals surface area (Å²) in [5, 5.41) is 13.7. The molecular formula is C11H17FN4. The Morgan fingerprint density at radius 1 is 1.38 bits per heavy atom. The Bertz CT molecular complexity index is 323. The van der Waals surface area contributed by atoms with Gasteiger partial charge in [0.1, 0.15) is 11.6 Å². The van der Waals surface area contributed by atoms with Gasteiger partial charge in [0.25, 0.3) is 0 Å². The second-order valence-corrected chi connectivity index (χ2v) is 3.50. The van der Waals surface area contributed by atoms with Gasteiger partial charge >= 0.3 is 0 Å². The minimum Gasteiger partial charge on any atom is -0.370 e. The van der Waals surface area contributed by atoms with Gasteiger partial charge in [-0.15, -0.1) is 0 Å². The highest BCUT2D eigenvalue weighted by atomic mass is 19.1. The van der Waals surface area contributed by atoms with Crippen molar-refractivity contribution in [3.05, 3.63) is 24.1 Å². The van der Waals surface area contributed by atoms with Gasteiger partial charge in [-0.1, -0.05) is 0 Å². The lowest BCUT2D eigenvalue weighted by Crippen LogP contribution is -2.15. The number of nitrogens with zero attached hydrogens (tertiary/aromatic N) is 1. The van der Waals surface area contributed by atoms with Crippen molar-refractivity contribution in [3.63, 3.8) is 0 Å². The highest BCUT2D eigenvalue weighted by Crippen LogP contribution is 2.03. The van der Waals surface area contributed by atoms with Crippen molar-refractivity contribution < 1.29 is 4.39 Å². The van der Waals surface area contributed by atoms with E-state index in [9.17, 15) is 4.39 Å². The molecule has 88 valence electrons. The highest BCUT2D eigenvalue weighted by molar-refractivity contribution is 5.81. The second-order valence-electron chi connectivity index (χ2n) is 3.50. The Morgan fingerprint density at radius 2 is 2.12 bits per heavy atom. The lowest BCUT2D eigenvalue weighted by atomic mass is 10.2. The third-order valence-corrected chi connectivity index (χ3v) is 2.14. The number of anilines is 1. The van der Waals surface area contributed by atoms with Crippen molar-refractivity contribution >= 4 is 11.5 Å². The van der Waals surface area contributed by atoms with Crippen LogP contribution in [0.5, 0.6) is 0 Å². The summed E-state index contributed by atoms with van der Waals surface area (Å²) in [6, 6.07) is 2.95. The molecule has 0 spiro atoms. The Morgan fingerprint density at radius 3 is 2.75 bits per heavy atom. The summed E-state index contributed by atoms with van der Waals surface area (Å²) in [4.78, 5) is 3.87. The quantitative estimate of drug-likeness (QED) is 0.617. The summed E-state index contributed by atoms with van der Waals surface area (Å²) < 4.78 is 12.5. The Kier molecular flexibility index (Phi) is 5.42. The maximum absolute atomic E-state index is 12.5. The van der Waals surface area contributed by atoms with Crippen LogP contribution < -0.4 is 10.6 Å². The fourth-order valence-electron chi connectivity index (χ4n) is 1.22. The molecule has 0 amide bonds. The lowest BCUT2D eigenvalue weighted by Gasteiger charge is -2.06. The molecule has 1 aromatic rings. The number of pyridine rings is 1. The molecule has 0 bridgehead atoms. The SMILES string of the molecule is CNCCC(=N)CCNc1ccc(F)cn1. The molecule has 16 heavy (non-hydrogen) atoms. The number of nitrogens with one attached hydrogen (secondary N) is 3. The zero-order valence-electron chi connectivity index (χ0n) is 9.39. The van der Waals surface area contributed by atoms with Gasteiger partial charge in [0.15, 0.2) is 0 Å². The Labute approximate surface area is 94.8 Å². The van der Waals surface area contributed by atoms with Gasteiger partial charge in [0.05, 0.1) is 6.20 Å². The molecule has 0 radical (unpaired) electrons. The zero-order chi connectivity index (χ0) is 11.8. The van der Waals surface area contributed by atoms with E-state index in [1.807, 2.05) is 7.05 Å². The van der Waals surface area contributed by atoms with Crippen LogP contribution in [0.1, 0.15) is 12.8 Å². The van der Waals surface area contributed by atoms with Crippen molar-refractivity contribution in [2.24, 2.45) is 0 Å². The molecule has 0 saturated heterocycles. The van der Waals surface area contributed by atoms with Crippen LogP contribution in [0.4, 0.5) is 10.2 Å². The van der Waals surface area contributed by atoms with Crippen LogP contribution in [-0.2, 0) is 0 Å². The van der Waals surface area contributed by atoms with Crippen molar-refractivity contribution in [3.8, 4) is 0 Å². The van der Waals surface area contributed by atoms with Crippen LogP contribution in [0.2, 0.25) is 0 Å². The predicted molar refractivity (Wildman–Crippen MR) is 63.6 cm³/mol. The number of hydrogen-bond donors (Lipinski definition) is 3. The van der Waals surface area contributed by atoms with Gasteiger partial charge in [-0.2, -0.15) is 0 Å². The van der Waals surface area contributed by atoms with Crippen molar-refractivity contribution in [1.29, 1.82) is 5.41 Å². The van der Waals surface area contributed by atoms with Crippen molar-refractivity contribution in [1.82, 2.24) is 10.3 Å². The molecule has 1 rings (SSSR count). The van der Waals surface area contributed by atoms with E-state index in [0.29, 0.717) is 24.5 Å². The third-order valence-electron chi connectivity index (χ3n) is 2.14. The summed E-state index contributed by atoms with van der Waals surface area (Å²) >= 11 is 0. The summed E-state index contributed by atoms with van der Waals surface area (Å²) in [6.45, 7) is 1.48. The van der Waals surface area contributed by atoms with Crippen LogP contribution in [0.25, 0.3) is 0 Å². The van der Waals surface area contributed by atoms with Gasteiger partial charge in [-0.25, -0.2) is 9.37 Å². The first-order valence-electron chi connectivity index (χ1n) is 5.28. The van der Waals surface area contributed by atoms with E-state index in [1.54, 1.807) is 6.07 Å². The standard InChI is InChI=1S/C11H17FN4/c1-14-6-4-10(13)5-7-15-11-3-2-9(12)8-16-11/h2-3,8,13-14H,4-7H2,1H3,(H,15,16). The average molecular weight is 224 g/mol. The molecule has 5 heteroatoms. The van der Waals surface area contributed by atoms with Crippen LogP contribution >= 0.6 is 0 Å². The summed E-state index contributed by atoms with van der Waals surface area (Å²) in [5.74, 6) is 0.301. The summed E-state index contributed by atoms with van der Waals surface area (Å²) in [6.07, 6.45) is 2.62. The molecule has 0 saturated carbocycles. The van der Waals surface area contributed by atoms with E-state index >= 15 is 0 Å². The van der Waals surface area contributed by atoms with Gasteiger partial charge in [-0.05, 0) is 25.6 Å². The number of hydrogen-bond acceptors (Lipinski definition) is 4. The number of aromatic nitrogens is 1. The van der Waals surface area contributed by atoms with Gasteiger partial charge < -0.3 is 16.0 Å². The Balaban J connectivity index is 2.20. The summed E-state index contributed by atoms with van der Waals surface area (Å²) in [5.41, 5.74) is 0.698. The van der Waals surface area contributed by atoms with E-state index in [4.69, 9.17) is 5.41 Å². The monoisotopic (exact) mass is 224 g/mol. The molecule has 0 aliphatic heterocycles. The van der Waals surface area contributed by atoms with E-state index in [1.165, 1.54) is 12.3 Å². The minimum absolute atomic E-state index is 0.340. The topological polar surface area (TPSA) is 60.8 Å². The van der Waals surface area contributed by atoms with Gasteiger partial charge in [0.2, 0.25) is 0 Å². The van der Waals surface area contributed by atoms with Crippen LogP contribution in [0.3, 0.4) is 0 Å². The molecule has 4 nitrogen and oxygen atoms in total. The first kappa shape index (κ1) is 12.6. The van der Waals surface area contributed by atoms with Crippen molar-refractivity contribution in [2.75, 3.05) is 25.5 Å². The molecular weight excluding hydrogens is 207 g/mol. The van der Waals surface area contributed by atoms with Crippen LogP contribution in [0.15, 0.2) is 18.3 Å². The van der Waals surface area contributed by atoms with Crippen LogP contribution in [-0.4, -0.2) is 30.8 Å². The maximum Gasteiger partial charge on any atom is 0.141 e. The molecule has 0 fully saturated rings. The fourth-order valence-corrected chi connectivity index (χ4v) is 1.22. The largest absolute Gasteiger partial charge is 0.370 e. The highest BCUT2D eigenvalue weighted by Gasteiger charge is 1.98. The molecule has 0 aliphatic rings. The number of rotatable bonds is 7. The number of halogens is 1. The molecule has 1 aromatic heterocycles. The fraction of sp³-hybridized carbons (Fsp3) is 0.455. The first-order valence-corrected chi connectivity index (χ1v) is 5.28. The smallest absolute Gasteiger partial charge is 0.141 e. The molecule has 3 N–H and O–H groups in total. The maximum atomic E-state index is 12.5. The molecule has 0 aromatic carbocycles. The second kappa shape index (κ2) is 6.90. The van der Waals surface area contributed by atoms with Gasteiger partial charge in [-0.3, -0.25) is 0 Å². The normalized spacial score (nSPS) is 10.1. The summed E-state index contributed by atoms with van der Waals surface area (Å²) in [7, 11) is 1.87. The zero-order valence-corrected chi connectivity index (χ0v) is 9.39. The lowest BCUT2D eigenvalue weighted by molar-refractivity contribution is 0.621. The van der Waals surface area contributed by atoms with Crippen molar-refractivity contribution in [2.45, 2.75) is 12.8 Å². The van der Waals surface area contributed by atoms with Gasteiger partial charge in [0, 0.05) is 25.2 Å². The molecule has 0 aliphatic carbocycles. The average Bonchev–Trinajstić information content (AvgIpc) is 2.29. The van der Waals surface area contributed by atoms with E-state index in [-0.39, 0.29) is 5.82 Å². The molecule has 0 unspecified atom stereocenters. The third kappa shape index (κ3) is 4.84. The molecule has 1 heterocycles. The van der Waals surface area contributed by atoms with E-state index < -0.39 is 0 Å². The minimum atomic E-state index is -0.340.